The lowest BCUT2D eigenvalue weighted by atomic mass is 9.67. The molecule has 0 spiro atoms. The molecule has 1 aliphatic rings. The van der Waals surface area contributed by atoms with Gasteiger partial charge in [-0.2, -0.15) is 0 Å². The largest absolute Gasteiger partial charge is 0.507 e. The summed E-state index contributed by atoms with van der Waals surface area (Å²) in [4.78, 5) is 0. The third kappa shape index (κ3) is 2.32. The molecule has 0 aromatic heterocycles. The molecule has 1 fully saturated rings. The summed E-state index contributed by atoms with van der Waals surface area (Å²) in [5.74, 6) is 1.13. The van der Waals surface area contributed by atoms with Crippen molar-refractivity contribution in [2.75, 3.05) is 13.7 Å². The van der Waals surface area contributed by atoms with E-state index >= 15 is 0 Å². The second-order valence-corrected chi connectivity index (χ2v) is 5.79. The summed E-state index contributed by atoms with van der Waals surface area (Å²) >= 11 is 0. The van der Waals surface area contributed by atoms with Crippen molar-refractivity contribution in [3.05, 3.63) is 22.8 Å². The van der Waals surface area contributed by atoms with Crippen LogP contribution in [0.4, 0.5) is 0 Å². The van der Waals surface area contributed by atoms with E-state index in [1.165, 1.54) is 19.3 Å². The number of aryl methyl sites for hydroxylation is 1. The molecule has 0 saturated heterocycles. The van der Waals surface area contributed by atoms with Crippen LogP contribution in [-0.2, 0) is 5.41 Å². The maximum absolute atomic E-state index is 10.6. The van der Waals surface area contributed by atoms with Gasteiger partial charge < -0.3 is 15.6 Å². The van der Waals surface area contributed by atoms with Crippen molar-refractivity contribution in [1.29, 1.82) is 0 Å². The molecule has 0 radical (unpaired) electrons. The van der Waals surface area contributed by atoms with E-state index in [-0.39, 0.29) is 5.41 Å². The van der Waals surface area contributed by atoms with Crippen LogP contribution in [0.5, 0.6) is 11.5 Å². The first-order valence-electron chi connectivity index (χ1n) is 7.13. The van der Waals surface area contributed by atoms with Crippen LogP contribution in [0.1, 0.15) is 48.8 Å². The van der Waals surface area contributed by atoms with E-state index < -0.39 is 0 Å². The molecule has 0 aliphatic heterocycles. The zero-order valence-electron chi connectivity index (χ0n) is 12.3. The summed E-state index contributed by atoms with van der Waals surface area (Å²) in [6.45, 7) is 4.56. The number of ether oxygens (including phenoxy) is 1. The molecule has 3 nitrogen and oxygen atoms in total. The topological polar surface area (TPSA) is 55.5 Å². The monoisotopic (exact) mass is 263 g/mol. The predicted octanol–water partition coefficient (Wildman–Crippen LogP) is 3.18. The molecule has 0 bridgehead atoms. The van der Waals surface area contributed by atoms with Gasteiger partial charge in [-0.1, -0.05) is 19.3 Å². The minimum absolute atomic E-state index is 0.0521. The second kappa shape index (κ2) is 5.41. The van der Waals surface area contributed by atoms with E-state index in [1.54, 1.807) is 7.11 Å². The van der Waals surface area contributed by atoms with Crippen molar-refractivity contribution in [1.82, 2.24) is 0 Å². The molecule has 1 saturated carbocycles. The molecular formula is C16H25NO2. The quantitative estimate of drug-likeness (QED) is 0.880. The zero-order valence-corrected chi connectivity index (χ0v) is 12.3. The van der Waals surface area contributed by atoms with E-state index in [0.717, 1.165) is 35.3 Å². The number of benzene rings is 1. The van der Waals surface area contributed by atoms with Crippen molar-refractivity contribution >= 4 is 0 Å². The fourth-order valence-electron chi connectivity index (χ4n) is 3.53. The number of nitrogens with two attached hydrogens (primary N) is 1. The number of phenols is 1. The lowest BCUT2D eigenvalue weighted by molar-refractivity contribution is 0.288. The second-order valence-electron chi connectivity index (χ2n) is 5.79. The third-order valence-electron chi connectivity index (χ3n) is 4.66. The van der Waals surface area contributed by atoms with E-state index in [2.05, 4.69) is 0 Å². The Morgan fingerprint density at radius 3 is 2.42 bits per heavy atom. The summed E-state index contributed by atoms with van der Waals surface area (Å²) < 4.78 is 5.32. The van der Waals surface area contributed by atoms with Crippen molar-refractivity contribution in [3.63, 3.8) is 0 Å². The Labute approximate surface area is 115 Å². The lowest BCUT2D eigenvalue weighted by Crippen LogP contribution is -2.38. The van der Waals surface area contributed by atoms with Crippen LogP contribution in [0.15, 0.2) is 6.07 Å². The Hall–Kier alpha value is -1.22. The van der Waals surface area contributed by atoms with Crippen LogP contribution in [0, 0.1) is 13.8 Å². The van der Waals surface area contributed by atoms with Crippen LogP contribution in [0.3, 0.4) is 0 Å². The lowest BCUT2D eigenvalue weighted by Gasteiger charge is -2.38. The number of hydrogen-bond donors (Lipinski definition) is 2. The molecule has 2 rings (SSSR count). The first kappa shape index (κ1) is 14.2. The minimum atomic E-state index is -0.0521. The molecular weight excluding hydrogens is 238 g/mol. The van der Waals surface area contributed by atoms with Crippen LogP contribution < -0.4 is 10.5 Å². The first-order chi connectivity index (χ1) is 9.05. The maximum atomic E-state index is 10.6. The molecule has 0 heterocycles. The standard InChI is InChI=1S/C16H25NO2/c1-11-9-13(19-3)12(2)15(18)14(11)16(10-17)7-5-4-6-8-16/h9,18H,4-8,10,17H2,1-3H3. The fraction of sp³-hybridized carbons (Fsp3) is 0.625. The van der Waals surface area contributed by atoms with E-state index in [9.17, 15) is 5.11 Å². The van der Waals surface area contributed by atoms with Gasteiger partial charge in [-0.3, -0.25) is 0 Å². The van der Waals surface area contributed by atoms with Gasteiger partial charge in [-0.05, 0) is 38.3 Å². The SMILES string of the molecule is COc1cc(C)c(C2(CN)CCCCC2)c(O)c1C. The van der Waals surface area contributed by atoms with Gasteiger partial charge in [-0.25, -0.2) is 0 Å². The number of methoxy groups -OCH3 is 1. The summed E-state index contributed by atoms with van der Waals surface area (Å²) in [5, 5.41) is 10.6. The highest BCUT2D eigenvalue weighted by Gasteiger charge is 2.36. The van der Waals surface area contributed by atoms with Crippen LogP contribution in [0.2, 0.25) is 0 Å². The molecule has 0 amide bonds. The summed E-state index contributed by atoms with van der Waals surface area (Å²) in [6.07, 6.45) is 5.81. The number of rotatable bonds is 3. The average Bonchev–Trinajstić information content (AvgIpc) is 2.44. The van der Waals surface area contributed by atoms with Gasteiger partial charge in [-0.15, -0.1) is 0 Å². The predicted molar refractivity (Wildman–Crippen MR) is 78.0 cm³/mol. The van der Waals surface area contributed by atoms with Gasteiger partial charge in [0.25, 0.3) is 0 Å². The third-order valence-corrected chi connectivity index (χ3v) is 4.66. The van der Waals surface area contributed by atoms with Crippen molar-refractivity contribution in [3.8, 4) is 11.5 Å². The molecule has 19 heavy (non-hydrogen) atoms. The molecule has 1 aliphatic carbocycles. The van der Waals surface area contributed by atoms with Crippen LogP contribution in [-0.4, -0.2) is 18.8 Å². The molecule has 3 N–H and O–H groups in total. The Balaban J connectivity index is 2.57. The van der Waals surface area contributed by atoms with E-state index in [1.807, 2.05) is 19.9 Å². The van der Waals surface area contributed by atoms with Crippen LogP contribution >= 0.6 is 0 Å². The van der Waals surface area contributed by atoms with Crippen molar-refractivity contribution in [2.24, 2.45) is 5.73 Å². The highest BCUT2D eigenvalue weighted by atomic mass is 16.5. The Morgan fingerprint density at radius 2 is 1.89 bits per heavy atom. The van der Waals surface area contributed by atoms with Gasteiger partial charge in [0.1, 0.15) is 11.5 Å². The van der Waals surface area contributed by atoms with Gasteiger partial charge in [0.15, 0.2) is 0 Å². The minimum Gasteiger partial charge on any atom is -0.507 e. The highest BCUT2D eigenvalue weighted by molar-refractivity contribution is 5.55. The molecule has 1 aromatic carbocycles. The first-order valence-corrected chi connectivity index (χ1v) is 7.13. The van der Waals surface area contributed by atoms with Gasteiger partial charge in [0.05, 0.1) is 7.11 Å². The summed E-state index contributed by atoms with van der Waals surface area (Å²) in [7, 11) is 1.64. The molecule has 1 aromatic rings. The number of hydrogen-bond acceptors (Lipinski definition) is 3. The van der Waals surface area contributed by atoms with Gasteiger partial charge in [0.2, 0.25) is 0 Å². The normalized spacial score (nSPS) is 18.3. The maximum Gasteiger partial charge on any atom is 0.126 e. The molecule has 0 atom stereocenters. The Bertz CT molecular complexity index is 462. The van der Waals surface area contributed by atoms with Crippen LogP contribution in [0.25, 0.3) is 0 Å². The van der Waals surface area contributed by atoms with E-state index in [4.69, 9.17) is 10.5 Å². The van der Waals surface area contributed by atoms with Crippen molar-refractivity contribution in [2.45, 2.75) is 51.4 Å². The van der Waals surface area contributed by atoms with E-state index in [0.29, 0.717) is 12.3 Å². The zero-order chi connectivity index (χ0) is 14.0. The Kier molecular flexibility index (Phi) is 4.04. The smallest absolute Gasteiger partial charge is 0.126 e. The molecule has 106 valence electrons. The fourth-order valence-corrected chi connectivity index (χ4v) is 3.53. The molecule has 3 heteroatoms. The molecule has 0 unspecified atom stereocenters. The highest BCUT2D eigenvalue weighted by Crippen LogP contribution is 2.46. The Morgan fingerprint density at radius 1 is 1.26 bits per heavy atom. The summed E-state index contributed by atoms with van der Waals surface area (Å²) in [5.41, 5.74) is 8.99. The number of phenolic OH excluding ortho intramolecular Hbond substituents is 1. The average molecular weight is 263 g/mol. The van der Waals surface area contributed by atoms with Crippen molar-refractivity contribution < 1.29 is 9.84 Å². The van der Waals surface area contributed by atoms with Gasteiger partial charge >= 0.3 is 0 Å². The number of aromatic hydroxyl groups is 1. The summed E-state index contributed by atoms with van der Waals surface area (Å²) in [6, 6.07) is 2.02. The van der Waals surface area contributed by atoms with Gasteiger partial charge in [0, 0.05) is 23.1 Å².